The second kappa shape index (κ2) is 5.83. The van der Waals surface area contributed by atoms with Gasteiger partial charge in [0.25, 0.3) is 0 Å². The fourth-order valence-electron chi connectivity index (χ4n) is 2.30. The van der Waals surface area contributed by atoms with Crippen molar-refractivity contribution in [3.8, 4) is 0 Å². The van der Waals surface area contributed by atoms with Crippen LogP contribution in [-0.2, 0) is 6.42 Å². The lowest BCUT2D eigenvalue weighted by Crippen LogP contribution is -2.52. The van der Waals surface area contributed by atoms with Crippen molar-refractivity contribution < 1.29 is 0 Å². The summed E-state index contributed by atoms with van der Waals surface area (Å²) in [4.78, 5) is 2.51. The van der Waals surface area contributed by atoms with Gasteiger partial charge < -0.3 is 5.32 Å². The van der Waals surface area contributed by atoms with Crippen LogP contribution in [0.5, 0.6) is 0 Å². The lowest BCUT2D eigenvalue weighted by atomic mass is 10.0. The predicted molar refractivity (Wildman–Crippen MR) is 68.6 cm³/mol. The Kier molecular flexibility index (Phi) is 4.14. The van der Waals surface area contributed by atoms with Gasteiger partial charge >= 0.3 is 0 Å². The quantitative estimate of drug-likeness (QED) is 0.771. The third kappa shape index (κ3) is 2.94. The van der Waals surface area contributed by atoms with Crippen molar-refractivity contribution in [2.45, 2.75) is 12.5 Å². The number of hydrogen-bond donors (Lipinski definition) is 1. The summed E-state index contributed by atoms with van der Waals surface area (Å²) in [7, 11) is 0. The molecule has 86 valence electrons. The minimum atomic E-state index is 0.606. The van der Waals surface area contributed by atoms with E-state index in [-0.39, 0.29) is 0 Å². The molecule has 16 heavy (non-hydrogen) atoms. The first-order valence-electron chi connectivity index (χ1n) is 5.99. The SMILES string of the molecule is C=CCN1CCNCC1Cc1ccccc1. The molecule has 0 aliphatic carbocycles. The number of benzene rings is 1. The summed E-state index contributed by atoms with van der Waals surface area (Å²) >= 11 is 0. The first-order valence-corrected chi connectivity index (χ1v) is 5.99. The van der Waals surface area contributed by atoms with Crippen molar-refractivity contribution in [3.05, 3.63) is 48.6 Å². The molecule has 1 fully saturated rings. The third-order valence-electron chi connectivity index (χ3n) is 3.15. The van der Waals surface area contributed by atoms with Crippen LogP contribution in [0.4, 0.5) is 0 Å². The number of piperazine rings is 1. The third-order valence-corrected chi connectivity index (χ3v) is 3.15. The Morgan fingerprint density at radius 2 is 2.19 bits per heavy atom. The highest BCUT2D eigenvalue weighted by Gasteiger charge is 2.20. The van der Waals surface area contributed by atoms with E-state index in [1.165, 1.54) is 5.56 Å². The summed E-state index contributed by atoms with van der Waals surface area (Å²) in [6, 6.07) is 11.3. The topological polar surface area (TPSA) is 15.3 Å². The van der Waals surface area contributed by atoms with E-state index in [1.807, 2.05) is 6.08 Å². The molecule has 1 heterocycles. The molecule has 1 unspecified atom stereocenters. The van der Waals surface area contributed by atoms with E-state index in [0.29, 0.717) is 6.04 Å². The molecule has 1 aliphatic rings. The van der Waals surface area contributed by atoms with E-state index < -0.39 is 0 Å². The number of hydrogen-bond acceptors (Lipinski definition) is 2. The second-order valence-corrected chi connectivity index (χ2v) is 4.33. The molecule has 1 N–H and O–H groups in total. The van der Waals surface area contributed by atoms with Crippen molar-refractivity contribution in [2.75, 3.05) is 26.2 Å². The molecule has 1 saturated heterocycles. The van der Waals surface area contributed by atoms with Crippen LogP contribution in [0.2, 0.25) is 0 Å². The van der Waals surface area contributed by atoms with Crippen molar-refractivity contribution >= 4 is 0 Å². The van der Waals surface area contributed by atoms with Crippen LogP contribution in [0.1, 0.15) is 5.56 Å². The molecule has 2 rings (SSSR count). The average Bonchev–Trinajstić information content (AvgIpc) is 2.33. The van der Waals surface area contributed by atoms with Gasteiger partial charge in [0, 0.05) is 32.2 Å². The van der Waals surface area contributed by atoms with Crippen molar-refractivity contribution in [1.82, 2.24) is 10.2 Å². The Hall–Kier alpha value is -1.12. The summed E-state index contributed by atoms with van der Waals surface area (Å²) in [6.45, 7) is 8.14. The Morgan fingerprint density at radius 1 is 1.38 bits per heavy atom. The van der Waals surface area contributed by atoms with Crippen LogP contribution in [0, 0.1) is 0 Å². The number of nitrogens with zero attached hydrogens (tertiary/aromatic N) is 1. The van der Waals surface area contributed by atoms with E-state index in [4.69, 9.17) is 0 Å². The standard InChI is InChI=1S/C14H20N2/c1-2-9-16-10-8-15-12-14(16)11-13-6-4-3-5-7-13/h2-7,14-15H,1,8-12H2. The molecule has 0 amide bonds. The van der Waals surface area contributed by atoms with Crippen LogP contribution in [0.15, 0.2) is 43.0 Å². The van der Waals surface area contributed by atoms with Gasteiger partial charge in [0.05, 0.1) is 0 Å². The molecule has 0 aromatic heterocycles. The van der Waals surface area contributed by atoms with Crippen LogP contribution in [-0.4, -0.2) is 37.1 Å². The van der Waals surface area contributed by atoms with Gasteiger partial charge in [-0.2, -0.15) is 0 Å². The summed E-state index contributed by atoms with van der Waals surface area (Å²) in [5, 5.41) is 3.47. The maximum Gasteiger partial charge on any atom is 0.0264 e. The molecule has 1 aromatic carbocycles. The molecular formula is C14H20N2. The van der Waals surface area contributed by atoms with Gasteiger partial charge in [-0.3, -0.25) is 4.90 Å². The lowest BCUT2D eigenvalue weighted by Gasteiger charge is -2.35. The molecule has 2 heteroatoms. The Morgan fingerprint density at radius 3 is 2.94 bits per heavy atom. The Bertz CT molecular complexity index is 321. The normalized spacial score (nSPS) is 21.9. The van der Waals surface area contributed by atoms with Crippen LogP contribution >= 0.6 is 0 Å². The van der Waals surface area contributed by atoms with Crippen LogP contribution in [0.25, 0.3) is 0 Å². The maximum atomic E-state index is 3.83. The number of rotatable bonds is 4. The predicted octanol–water partition coefficient (Wildman–Crippen LogP) is 1.69. The van der Waals surface area contributed by atoms with Gasteiger partial charge in [0.1, 0.15) is 0 Å². The van der Waals surface area contributed by atoms with Crippen molar-refractivity contribution in [3.63, 3.8) is 0 Å². The highest BCUT2D eigenvalue weighted by atomic mass is 15.2. The second-order valence-electron chi connectivity index (χ2n) is 4.33. The Labute approximate surface area is 98.0 Å². The maximum absolute atomic E-state index is 3.83. The van der Waals surface area contributed by atoms with Gasteiger partial charge in [-0.1, -0.05) is 36.4 Å². The van der Waals surface area contributed by atoms with E-state index in [9.17, 15) is 0 Å². The summed E-state index contributed by atoms with van der Waals surface area (Å²) in [5.74, 6) is 0. The first kappa shape index (κ1) is 11.4. The average molecular weight is 216 g/mol. The zero-order valence-corrected chi connectivity index (χ0v) is 9.73. The van der Waals surface area contributed by atoms with E-state index >= 15 is 0 Å². The van der Waals surface area contributed by atoms with Crippen LogP contribution in [0.3, 0.4) is 0 Å². The molecule has 0 spiro atoms. The molecule has 0 bridgehead atoms. The van der Waals surface area contributed by atoms with Crippen molar-refractivity contribution in [1.29, 1.82) is 0 Å². The molecule has 0 radical (unpaired) electrons. The van der Waals surface area contributed by atoms with Gasteiger partial charge in [0.15, 0.2) is 0 Å². The largest absolute Gasteiger partial charge is 0.314 e. The Balaban J connectivity index is 1.98. The molecule has 0 saturated carbocycles. The molecule has 1 atom stereocenters. The molecule has 1 aliphatic heterocycles. The van der Waals surface area contributed by atoms with Gasteiger partial charge in [0.2, 0.25) is 0 Å². The fourth-order valence-corrected chi connectivity index (χ4v) is 2.30. The molecular weight excluding hydrogens is 196 g/mol. The van der Waals surface area contributed by atoms with Crippen LogP contribution < -0.4 is 5.32 Å². The summed E-state index contributed by atoms with van der Waals surface area (Å²) in [6.07, 6.45) is 3.13. The minimum Gasteiger partial charge on any atom is -0.314 e. The number of nitrogens with one attached hydrogen (secondary N) is 1. The molecule has 2 nitrogen and oxygen atoms in total. The minimum absolute atomic E-state index is 0.606. The summed E-state index contributed by atoms with van der Waals surface area (Å²) < 4.78 is 0. The van der Waals surface area contributed by atoms with Gasteiger partial charge in [-0.25, -0.2) is 0 Å². The van der Waals surface area contributed by atoms with Gasteiger partial charge in [-0.15, -0.1) is 6.58 Å². The van der Waals surface area contributed by atoms with E-state index in [0.717, 1.165) is 32.6 Å². The lowest BCUT2D eigenvalue weighted by molar-refractivity contribution is 0.178. The van der Waals surface area contributed by atoms with E-state index in [2.05, 4.69) is 47.1 Å². The van der Waals surface area contributed by atoms with Crippen molar-refractivity contribution in [2.24, 2.45) is 0 Å². The fraction of sp³-hybridized carbons (Fsp3) is 0.429. The highest BCUT2D eigenvalue weighted by Crippen LogP contribution is 2.10. The van der Waals surface area contributed by atoms with E-state index in [1.54, 1.807) is 0 Å². The first-order chi connectivity index (χ1) is 7.90. The zero-order chi connectivity index (χ0) is 11.2. The summed E-state index contributed by atoms with van der Waals surface area (Å²) in [5.41, 5.74) is 1.42. The highest BCUT2D eigenvalue weighted by molar-refractivity contribution is 5.16. The molecule has 1 aromatic rings. The van der Waals surface area contributed by atoms with Gasteiger partial charge in [-0.05, 0) is 12.0 Å². The monoisotopic (exact) mass is 216 g/mol. The zero-order valence-electron chi connectivity index (χ0n) is 9.73. The smallest absolute Gasteiger partial charge is 0.0264 e.